The summed E-state index contributed by atoms with van der Waals surface area (Å²) in [7, 11) is 1.71. The summed E-state index contributed by atoms with van der Waals surface area (Å²) in [6, 6.07) is 4.00. The standard InChI is InChI=1S/C5H6N3O/c1-6-4-2-3-5(9)8-7-4/h3H,1H3,(H,6,7)(H,8,9). The minimum Gasteiger partial charge on any atom is -0.492 e. The van der Waals surface area contributed by atoms with Crippen molar-refractivity contribution in [1.82, 2.24) is 10.2 Å². The van der Waals surface area contributed by atoms with Gasteiger partial charge in [0, 0.05) is 19.2 Å². The van der Waals surface area contributed by atoms with E-state index in [0.29, 0.717) is 5.82 Å². The molecule has 47 valence electrons. The summed E-state index contributed by atoms with van der Waals surface area (Å²) in [4.78, 5) is 0. The minimum absolute atomic E-state index is 0.117. The highest BCUT2D eigenvalue weighted by Crippen LogP contribution is 2.02. The van der Waals surface area contributed by atoms with Gasteiger partial charge in [-0.15, -0.1) is 10.2 Å². The molecule has 0 bridgehead atoms. The monoisotopic (exact) mass is 124 g/mol. The van der Waals surface area contributed by atoms with Crippen LogP contribution in [0.5, 0.6) is 5.88 Å². The van der Waals surface area contributed by atoms with Crippen molar-refractivity contribution in [3.63, 3.8) is 0 Å². The van der Waals surface area contributed by atoms with Crippen LogP contribution in [0.15, 0.2) is 6.07 Å². The second-order valence-electron chi connectivity index (χ2n) is 1.45. The Kier molecular flexibility index (Phi) is 1.48. The first-order valence-corrected chi connectivity index (χ1v) is 2.45. The SMILES string of the molecule is CNc1[c]cc(O)nn1. The molecule has 2 N–H and O–H groups in total. The topological polar surface area (TPSA) is 58.0 Å². The molecule has 1 aromatic heterocycles. The number of nitrogens with one attached hydrogen (secondary N) is 1. The average molecular weight is 124 g/mol. The molecule has 1 rings (SSSR count). The van der Waals surface area contributed by atoms with Crippen LogP contribution in [-0.4, -0.2) is 22.4 Å². The van der Waals surface area contributed by atoms with Crippen LogP contribution >= 0.6 is 0 Å². The lowest BCUT2D eigenvalue weighted by molar-refractivity contribution is 0.445. The Morgan fingerprint density at radius 2 is 2.44 bits per heavy atom. The Morgan fingerprint density at radius 1 is 1.67 bits per heavy atom. The third kappa shape index (κ3) is 1.28. The van der Waals surface area contributed by atoms with Gasteiger partial charge in [0.25, 0.3) is 0 Å². The molecule has 0 aliphatic carbocycles. The smallest absolute Gasteiger partial charge is 0.231 e. The van der Waals surface area contributed by atoms with Crippen LogP contribution in [0.3, 0.4) is 0 Å². The molecule has 0 spiro atoms. The van der Waals surface area contributed by atoms with Crippen LogP contribution in [0.1, 0.15) is 0 Å². The van der Waals surface area contributed by atoms with E-state index in [2.05, 4.69) is 21.6 Å². The van der Waals surface area contributed by atoms with E-state index in [1.165, 1.54) is 6.07 Å². The molecule has 0 aliphatic heterocycles. The molecule has 0 saturated carbocycles. The molecule has 1 radical (unpaired) electrons. The molecule has 0 fully saturated rings. The van der Waals surface area contributed by atoms with Crippen LogP contribution in [-0.2, 0) is 0 Å². The number of nitrogens with zero attached hydrogens (tertiary/aromatic N) is 2. The zero-order valence-electron chi connectivity index (χ0n) is 4.92. The van der Waals surface area contributed by atoms with Crippen molar-refractivity contribution in [3.05, 3.63) is 12.1 Å². The summed E-state index contributed by atoms with van der Waals surface area (Å²) >= 11 is 0. The lowest BCUT2D eigenvalue weighted by atomic mass is 10.5. The fraction of sp³-hybridized carbons (Fsp3) is 0.200. The molecular weight excluding hydrogens is 118 g/mol. The van der Waals surface area contributed by atoms with E-state index >= 15 is 0 Å². The van der Waals surface area contributed by atoms with Crippen molar-refractivity contribution >= 4 is 5.82 Å². The van der Waals surface area contributed by atoms with Crippen molar-refractivity contribution in [1.29, 1.82) is 0 Å². The van der Waals surface area contributed by atoms with Crippen LogP contribution in [0.2, 0.25) is 0 Å². The van der Waals surface area contributed by atoms with Gasteiger partial charge >= 0.3 is 0 Å². The summed E-state index contributed by atoms with van der Waals surface area (Å²) < 4.78 is 0. The van der Waals surface area contributed by atoms with E-state index in [-0.39, 0.29) is 5.88 Å². The molecule has 1 heterocycles. The Bertz CT molecular complexity index is 184. The number of hydrogen-bond acceptors (Lipinski definition) is 4. The molecule has 0 atom stereocenters. The van der Waals surface area contributed by atoms with E-state index in [1.54, 1.807) is 7.05 Å². The Labute approximate surface area is 52.5 Å². The zero-order valence-corrected chi connectivity index (χ0v) is 4.92. The predicted molar refractivity (Wildman–Crippen MR) is 32.1 cm³/mol. The highest BCUT2D eigenvalue weighted by atomic mass is 16.3. The van der Waals surface area contributed by atoms with Gasteiger partial charge in [0.05, 0.1) is 0 Å². The molecule has 0 aliphatic rings. The Hall–Kier alpha value is -1.32. The minimum atomic E-state index is -0.117. The van der Waals surface area contributed by atoms with E-state index < -0.39 is 0 Å². The third-order valence-electron chi connectivity index (χ3n) is 0.827. The van der Waals surface area contributed by atoms with Gasteiger partial charge in [-0.3, -0.25) is 0 Å². The lowest BCUT2D eigenvalue weighted by Gasteiger charge is -1.93. The van der Waals surface area contributed by atoms with Crippen molar-refractivity contribution in [2.75, 3.05) is 12.4 Å². The van der Waals surface area contributed by atoms with Crippen molar-refractivity contribution in [3.8, 4) is 5.88 Å². The van der Waals surface area contributed by atoms with Gasteiger partial charge in [-0.05, 0) is 0 Å². The van der Waals surface area contributed by atoms with E-state index in [4.69, 9.17) is 5.11 Å². The second kappa shape index (κ2) is 2.30. The van der Waals surface area contributed by atoms with Gasteiger partial charge in [0.15, 0.2) is 5.82 Å². The van der Waals surface area contributed by atoms with Gasteiger partial charge in [-0.2, -0.15) is 0 Å². The first-order valence-electron chi connectivity index (χ1n) is 2.45. The first-order chi connectivity index (χ1) is 4.33. The van der Waals surface area contributed by atoms with Crippen LogP contribution in [0.4, 0.5) is 5.82 Å². The molecule has 4 nitrogen and oxygen atoms in total. The fourth-order valence-electron chi connectivity index (χ4n) is 0.414. The normalized spacial score (nSPS) is 9.00. The molecule has 0 amide bonds. The lowest BCUT2D eigenvalue weighted by Crippen LogP contribution is -1.92. The Balaban J connectivity index is 2.88. The largest absolute Gasteiger partial charge is 0.492 e. The van der Waals surface area contributed by atoms with E-state index in [1.807, 2.05) is 0 Å². The zero-order chi connectivity index (χ0) is 6.69. The maximum absolute atomic E-state index is 8.62. The number of hydrogen-bond donors (Lipinski definition) is 2. The highest BCUT2D eigenvalue weighted by Gasteiger charge is 1.89. The summed E-state index contributed by atoms with van der Waals surface area (Å²) in [6.45, 7) is 0. The third-order valence-corrected chi connectivity index (χ3v) is 0.827. The van der Waals surface area contributed by atoms with E-state index in [9.17, 15) is 0 Å². The predicted octanol–water partition coefficient (Wildman–Crippen LogP) is 0.0241. The fourth-order valence-corrected chi connectivity index (χ4v) is 0.414. The van der Waals surface area contributed by atoms with Crippen LogP contribution < -0.4 is 5.32 Å². The van der Waals surface area contributed by atoms with Gasteiger partial charge in [0.2, 0.25) is 5.88 Å². The maximum Gasteiger partial charge on any atom is 0.231 e. The number of aromatic hydroxyl groups is 1. The van der Waals surface area contributed by atoms with Crippen LogP contribution in [0.25, 0.3) is 0 Å². The summed E-state index contributed by atoms with van der Waals surface area (Å²) in [5.41, 5.74) is 0. The number of aromatic nitrogens is 2. The first kappa shape index (κ1) is 5.81. The molecule has 1 aromatic rings. The molecule has 0 unspecified atom stereocenters. The number of anilines is 1. The highest BCUT2D eigenvalue weighted by molar-refractivity contribution is 5.30. The molecule has 9 heavy (non-hydrogen) atoms. The summed E-state index contributed by atoms with van der Waals surface area (Å²) in [5.74, 6) is 0.404. The molecular formula is C5H6N3O. The Morgan fingerprint density at radius 3 is 2.89 bits per heavy atom. The maximum atomic E-state index is 8.62. The van der Waals surface area contributed by atoms with Gasteiger partial charge in [-0.25, -0.2) is 0 Å². The van der Waals surface area contributed by atoms with Crippen molar-refractivity contribution in [2.24, 2.45) is 0 Å². The molecule has 4 heteroatoms. The molecule has 0 saturated heterocycles. The van der Waals surface area contributed by atoms with Crippen molar-refractivity contribution < 1.29 is 5.11 Å². The number of rotatable bonds is 1. The van der Waals surface area contributed by atoms with E-state index in [0.717, 1.165) is 0 Å². The average Bonchev–Trinajstić information content (AvgIpc) is 1.90. The molecule has 0 aromatic carbocycles. The van der Waals surface area contributed by atoms with Gasteiger partial charge in [0.1, 0.15) is 0 Å². The summed E-state index contributed by atoms with van der Waals surface area (Å²) in [6.07, 6.45) is 0. The van der Waals surface area contributed by atoms with Gasteiger partial charge in [-0.1, -0.05) is 0 Å². The van der Waals surface area contributed by atoms with Gasteiger partial charge < -0.3 is 10.4 Å². The van der Waals surface area contributed by atoms with Crippen molar-refractivity contribution in [2.45, 2.75) is 0 Å². The summed E-state index contributed by atoms with van der Waals surface area (Å²) in [5, 5.41) is 18.2. The van der Waals surface area contributed by atoms with Crippen LogP contribution in [0, 0.1) is 6.07 Å². The second-order valence-corrected chi connectivity index (χ2v) is 1.45. The quantitative estimate of drug-likeness (QED) is 0.554.